The van der Waals surface area contributed by atoms with Gasteiger partial charge in [0, 0.05) is 5.41 Å². The quantitative estimate of drug-likeness (QED) is 0.532. The van der Waals surface area contributed by atoms with Gasteiger partial charge in [-0.2, -0.15) is 0 Å². The van der Waals surface area contributed by atoms with Crippen molar-refractivity contribution in [1.82, 2.24) is 0 Å². The first-order chi connectivity index (χ1) is 12.3. The van der Waals surface area contributed by atoms with Gasteiger partial charge in [0.05, 0.1) is 0 Å². The smallest absolute Gasteiger partial charge is 0.123 e. The van der Waals surface area contributed by atoms with E-state index in [1.165, 1.54) is 27.8 Å². The van der Waals surface area contributed by atoms with E-state index in [1.807, 2.05) is 0 Å². The van der Waals surface area contributed by atoms with Gasteiger partial charge >= 0.3 is 0 Å². The highest BCUT2D eigenvalue weighted by Gasteiger charge is 2.26. The standard InChI is InChI=1S/C26H38O/c1-11-25(7,8)27-23-15-13-21(17-19(23)3)26(9,10)20-12-14-22(18(2)16-20)24(4,5)6/h12-17H,11H2,1-10H3. The summed E-state index contributed by atoms with van der Waals surface area (Å²) < 4.78 is 6.23. The first kappa shape index (κ1) is 21.5. The Morgan fingerprint density at radius 2 is 1.26 bits per heavy atom. The van der Waals surface area contributed by atoms with E-state index in [0.717, 1.165) is 12.2 Å². The van der Waals surface area contributed by atoms with Crippen LogP contribution in [-0.4, -0.2) is 5.60 Å². The van der Waals surface area contributed by atoms with Crippen LogP contribution in [0.15, 0.2) is 36.4 Å². The Hall–Kier alpha value is -1.76. The van der Waals surface area contributed by atoms with E-state index in [0.29, 0.717) is 0 Å². The predicted octanol–water partition coefficient (Wildman–Crippen LogP) is 7.49. The molecule has 0 heterocycles. The molecule has 1 heteroatoms. The van der Waals surface area contributed by atoms with Crippen molar-refractivity contribution in [3.05, 3.63) is 64.2 Å². The molecule has 0 aliphatic carbocycles. The number of hydrogen-bond donors (Lipinski definition) is 0. The van der Waals surface area contributed by atoms with Crippen LogP contribution in [0, 0.1) is 13.8 Å². The van der Waals surface area contributed by atoms with Gasteiger partial charge in [-0.05, 0) is 73.4 Å². The molecule has 0 aliphatic rings. The molecule has 0 spiro atoms. The summed E-state index contributed by atoms with van der Waals surface area (Å²) in [5.74, 6) is 0.987. The summed E-state index contributed by atoms with van der Waals surface area (Å²) in [6.07, 6.45) is 0.985. The van der Waals surface area contributed by atoms with Gasteiger partial charge in [0.25, 0.3) is 0 Å². The molecule has 0 radical (unpaired) electrons. The lowest BCUT2D eigenvalue weighted by Gasteiger charge is -2.30. The highest BCUT2D eigenvalue weighted by Crippen LogP contribution is 2.37. The van der Waals surface area contributed by atoms with E-state index in [1.54, 1.807) is 0 Å². The van der Waals surface area contributed by atoms with Crippen LogP contribution < -0.4 is 4.74 Å². The second-order valence-corrected chi connectivity index (χ2v) is 10.1. The van der Waals surface area contributed by atoms with E-state index in [9.17, 15) is 0 Å². The number of ether oxygens (including phenoxy) is 1. The minimum absolute atomic E-state index is 0.0509. The second-order valence-electron chi connectivity index (χ2n) is 10.1. The van der Waals surface area contributed by atoms with Crippen LogP contribution in [0.3, 0.4) is 0 Å². The molecule has 1 nitrogen and oxygen atoms in total. The van der Waals surface area contributed by atoms with Crippen molar-refractivity contribution in [3.8, 4) is 5.75 Å². The van der Waals surface area contributed by atoms with Crippen molar-refractivity contribution in [1.29, 1.82) is 0 Å². The lowest BCUT2D eigenvalue weighted by atomic mass is 9.75. The first-order valence-corrected chi connectivity index (χ1v) is 10.2. The molecule has 0 N–H and O–H groups in total. The van der Waals surface area contributed by atoms with Gasteiger partial charge in [0.1, 0.15) is 11.4 Å². The van der Waals surface area contributed by atoms with Gasteiger partial charge in [-0.1, -0.05) is 71.9 Å². The monoisotopic (exact) mass is 366 g/mol. The van der Waals surface area contributed by atoms with E-state index >= 15 is 0 Å². The molecule has 27 heavy (non-hydrogen) atoms. The summed E-state index contributed by atoms with van der Waals surface area (Å²) in [5.41, 5.74) is 6.66. The van der Waals surface area contributed by atoms with Crippen LogP contribution >= 0.6 is 0 Å². The summed E-state index contributed by atoms with van der Waals surface area (Å²) in [7, 11) is 0. The summed E-state index contributed by atoms with van der Waals surface area (Å²) in [4.78, 5) is 0. The summed E-state index contributed by atoms with van der Waals surface area (Å²) in [5, 5.41) is 0. The van der Waals surface area contributed by atoms with E-state index < -0.39 is 0 Å². The summed E-state index contributed by atoms with van der Waals surface area (Å²) >= 11 is 0. The molecule has 0 atom stereocenters. The fourth-order valence-corrected chi connectivity index (χ4v) is 3.58. The zero-order valence-electron chi connectivity index (χ0n) is 19.1. The predicted molar refractivity (Wildman–Crippen MR) is 118 cm³/mol. The Balaban J connectivity index is 2.39. The van der Waals surface area contributed by atoms with Crippen molar-refractivity contribution < 1.29 is 4.74 Å². The van der Waals surface area contributed by atoms with Gasteiger partial charge in [0.2, 0.25) is 0 Å². The molecule has 0 aliphatic heterocycles. The number of rotatable bonds is 5. The van der Waals surface area contributed by atoms with Crippen molar-refractivity contribution in [3.63, 3.8) is 0 Å². The lowest BCUT2D eigenvalue weighted by molar-refractivity contribution is 0.104. The molecule has 2 aromatic carbocycles. The molecule has 0 amide bonds. The fourth-order valence-electron chi connectivity index (χ4n) is 3.58. The normalized spacial score (nSPS) is 13.0. The Morgan fingerprint density at radius 1 is 0.741 bits per heavy atom. The Bertz CT molecular complexity index is 803. The van der Waals surface area contributed by atoms with Gasteiger partial charge in [0.15, 0.2) is 0 Å². The molecular formula is C26H38O. The lowest BCUT2D eigenvalue weighted by Crippen LogP contribution is -2.27. The van der Waals surface area contributed by atoms with E-state index in [-0.39, 0.29) is 16.4 Å². The molecule has 148 valence electrons. The van der Waals surface area contributed by atoms with Crippen molar-refractivity contribution in [2.24, 2.45) is 0 Å². The topological polar surface area (TPSA) is 9.23 Å². The van der Waals surface area contributed by atoms with Crippen LogP contribution in [0.1, 0.15) is 89.6 Å². The first-order valence-electron chi connectivity index (χ1n) is 10.2. The molecular weight excluding hydrogens is 328 g/mol. The maximum absolute atomic E-state index is 6.23. The summed E-state index contributed by atoms with van der Waals surface area (Å²) in [6, 6.07) is 13.6. The Kier molecular flexibility index (Phi) is 5.85. The maximum Gasteiger partial charge on any atom is 0.123 e. The highest BCUT2D eigenvalue weighted by molar-refractivity contribution is 5.46. The number of benzene rings is 2. The third kappa shape index (κ3) is 4.75. The van der Waals surface area contributed by atoms with Crippen LogP contribution in [0.4, 0.5) is 0 Å². The molecule has 2 rings (SSSR count). The summed E-state index contributed by atoms with van der Waals surface area (Å²) in [6.45, 7) is 22.3. The van der Waals surface area contributed by atoms with Gasteiger partial charge in [-0.25, -0.2) is 0 Å². The third-order valence-electron chi connectivity index (χ3n) is 5.89. The molecule has 0 saturated carbocycles. The minimum atomic E-state index is -0.137. The van der Waals surface area contributed by atoms with Crippen molar-refractivity contribution >= 4 is 0 Å². The SMILES string of the molecule is CCC(C)(C)Oc1ccc(C(C)(C)c2ccc(C(C)(C)C)c(C)c2)cc1C. The maximum atomic E-state index is 6.23. The highest BCUT2D eigenvalue weighted by atomic mass is 16.5. The van der Waals surface area contributed by atoms with Gasteiger partial charge in [-0.3, -0.25) is 0 Å². The zero-order valence-corrected chi connectivity index (χ0v) is 19.1. The van der Waals surface area contributed by atoms with Crippen LogP contribution in [-0.2, 0) is 10.8 Å². The Labute approximate surface area is 167 Å². The van der Waals surface area contributed by atoms with Crippen LogP contribution in [0.25, 0.3) is 0 Å². The molecule has 0 bridgehead atoms. The second kappa shape index (κ2) is 7.34. The molecule has 2 aromatic rings. The molecule has 0 saturated heterocycles. The van der Waals surface area contributed by atoms with Crippen LogP contribution in [0.5, 0.6) is 5.75 Å². The van der Waals surface area contributed by atoms with Gasteiger partial charge < -0.3 is 4.74 Å². The number of aryl methyl sites for hydroxylation is 2. The van der Waals surface area contributed by atoms with Crippen molar-refractivity contribution in [2.75, 3.05) is 0 Å². The average molecular weight is 367 g/mol. The third-order valence-corrected chi connectivity index (χ3v) is 5.89. The minimum Gasteiger partial charge on any atom is -0.488 e. The molecule has 0 aromatic heterocycles. The fraction of sp³-hybridized carbons (Fsp3) is 0.538. The van der Waals surface area contributed by atoms with Gasteiger partial charge in [-0.15, -0.1) is 0 Å². The molecule has 0 fully saturated rings. The van der Waals surface area contributed by atoms with E-state index in [2.05, 4.69) is 106 Å². The van der Waals surface area contributed by atoms with Crippen molar-refractivity contribution in [2.45, 2.75) is 92.1 Å². The van der Waals surface area contributed by atoms with Crippen LogP contribution in [0.2, 0.25) is 0 Å². The van der Waals surface area contributed by atoms with E-state index in [4.69, 9.17) is 4.74 Å². The average Bonchev–Trinajstić information content (AvgIpc) is 2.55. The Morgan fingerprint density at radius 3 is 1.70 bits per heavy atom. The number of hydrogen-bond acceptors (Lipinski definition) is 1. The zero-order chi connectivity index (χ0) is 20.6. The largest absolute Gasteiger partial charge is 0.488 e. The molecule has 0 unspecified atom stereocenters.